The molecule has 0 aliphatic carbocycles. The number of amidine groups is 1. The molecule has 3 rings (SSSR count). The van der Waals surface area contributed by atoms with Gasteiger partial charge in [0.25, 0.3) is 0 Å². The molecule has 0 bridgehead atoms. The Morgan fingerprint density at radius 3 is 2.13 bits per heavy atom. The van der Waals surface area contributed by atoms with Crippen molar-refractivity contribution in [3.8, 4) is 0 Å². The van der Waals surface area contributed by atoms with Crippen molar-refractivity contribution in [1.82, 2.24) is 16.0 Å². The first-order valence-corrected chi connectivity index (χ1v) is 12.2. The van der Waals surface area contributed by atoms with Gasteiger partial charge in [0.15, 0.2) is 10.3 Å². The van der Waals surface area contributed by atoms with Crippen molar-refractivity contribution in [2.45, 2.75) is 13.1 Å². The molecule has 1 aliphatic heterocycles. The molecule has 0 fully saturated rings. The lowest BCUT2D eigenvalue weighted by molar-refractivity contribution is 0.300. The van der Waals surface area contributed by atoms with E-state index in [1.165, 1.54) is 0 Å². The summed E-state index contributed by atoms with van der Waals surface area (Å²) in [6.45, 7) is 2.53. The third-order valence-corrected chi connectivity index (χ3v) is 6.85. The molecule has 2 aromatic carbocycles. The van der Waals surface area contributed by atoms with Crippen molar-refractivity contribution in [3.05, 3.63) is 67.6 Å². The van der Waals surface area contributed by atoms with Crippen LogP contribution in [0.5, 0.6) is 0 Å². The molecule has 0 saturated carbocycles. The molecule has 0 atom stereocenters. The molecule has 5 nitrogen and oxygen atoms in total. The molecule has 0 spiro atoms. The third kappa shape index (κ3) is 9.22. The second-order valence-corrected chi connectivity index (χ2v) is 9.21. The molecular weight excluding hydrogens is 518 g/mol. The molecule has 0 unspecified atom stereocenters. The van der Waals surface area contributed by atoms with Crippen molar-refractivity contribution in [2.24, 2.45) is 4.99 Å². The van der Waals surface area contributed by atoms with E-state index >= 15 is 0 Å². The Labute approximate surface area is 211 Å². The maximum Gasteiger partial charge on any atom is 0.166 e. The van der Waals surface area contributed by atoms with Crippen LogP contribution in [0.3, 0.4) is 0 Å². The summed E-state index contributed by atoms with van der Waals surface area (Å²) >= 11 is 30.6. The van der Waals surface area contributed by atoms with E-state index in [1.807, 2.05) is 24.3 Å². The summed E-state index contributed by atoms with van der Waals surface area (Å²) in [5, 5.41) is 21.4. The zero-order chi connectivity index (χ0) is 22.6. The SMILES string of the molecule is Clc1cccc(CNC2=NCCS2)c1Cl.OCCNC(=S)NCc1cccc(Cl)c1Cl. The van der Waals surface area contributed by atoms with Gasteiger partial charge in [-0.05, 0) is 35.5 Å². The topological polar surface area (TPSA) is 68.7 Å². The lowest BCUT2D eigenvalue weighted by Crippen LogP contribution is -2.36. The zero-order valence-corrected chi connectivity index (χ0v) is 21.1. The standard InChI is InChI=1S/C10H12Cl2N2OS.C10H10Cl2N2S/c11-8-3-1-2-7(9(8)12)6-14-10(16)13-4-5-15;11-8-3-1-2-7(9(8)12)6-14-10-13-4-5-15-10/h1-3,15H,4-6H2,(H2,13,14,16);1-3H,4-6H2,(H,13,14). The normalized spacial score (nSPS) is 12.5. The lowest BCUT2D eigenvalue weighted by Gasteiger charge is -2.10. The van der Waals surface area contributed by atoms with E-state index in [-0.39, 0.29) is 6.61 Å². The van der Waals surface area contributed by atoms with E-state index in [4.69, 9.17) is 63.7 Å². The van der Waals surface area contributed by atoms with E-state index in [2.05, 4.69) is 20.9 Å². The summed E-state index contributed by atoms with van der Waals surface area (Å²) in [4.78, 5) is 4.30. The van der Waals surface area contributed by atoms with Gasteiger partial charge < -0.3 is 21.1 Å². The predicted octanol–water partition coefficient (Wildman–Crippen LogP) is 5.14. The Hall–Kier alpha value is -0.930. The second kappa shape index (κ2) is 14.3. The molecule has 2 aromatic rings. The van der Waals surface area contributed by atoms with Gasteiger partial charge >= 0.3 is 0 Å². The Morgan fingerprint density at radius 2 is 1.58 bits per heavy atom. The summed E-state index contributed by atoms with van der Waals surface area (Å²) in [6.07, 6.45) is 0. The first kappa shape index (κ1) is 26.3. The van der Waals surface area contributed by atoms with Crippen LogP contribution < -0.4 is 16.0 Å². The average molecular weight is 540 g/mol. The van der Waals surface area contributed by atoms with Crippen LogP contribution in [-0.4, -0.2) is 40.8 Å². The number of nitrogens with zero attached hydrogens (tertiary/aromatic N) is 1. The highest BCUT2D eigenvalue weighted by atomic mass is 35.5. The molecule has 31 heavy (non-hydrogen) atoms. The van der Waals surface area contributed by atoms with Gasteiger partial charge in [0, 0.05) is 25.4 Å². The number of thiocarbonyl (C=S) groups is 1. The molecule has 0 radical (unpaired) electrons. The Morgan fingerprint density at radius 1 is 0.968 bits per heavy atom. The molecular formula is C20H22Cl4N4OS2. The van der Waals surface area contributed by atoms with Gasteiger partial charge in [-0.3, -0.25) is 4.99 Å². The maximum atomic E-state index is 8.59. The van der Waals surface area contributed by atoms with Gasteiger partial charge in [-0.2, -0.15) is 0 Å². The summed E-state index contributed by atoms with van der Waals surface area (Å²) in [7, 11) is 0. The van der Waals surface area contributed by atoms with Crippen LogP contribution in [0.15, 0.2) is 41.4 Å². The van der Waals surface area contributed by atoms with Crippen molar-refractivity contribution in [3.63, 3.8) is 0 Å². The van der Waals surface area contributed by atoms with Crippen LogP contribution in [0.1, 0.15) is 11.1 Å². The lowest BCUT2D eigenvalue weighted by atomic mass is 10.2. The fraction of sp³-hybridized carbons (Fsp3) is 0.300. The Balaban J connectivity index is 0.000000220. The van der Waals surface area contributed by atoms with Crippen molar-refractivity contribution < 1.29 is 5.11 Å². The fourth-order valence-electron chi connectivity index (χ4n) is 2.39. The molecule has 0 saturated heterocycles. The average Bonchev–Trinajstić information content (AvgIpc) is 3.28. The highest BCUT2D eigenvalue weighted by Gasteiger charge is 2.08. The van der Waals surface area contributed by atoms with Crippen molar-refractivity contribution in [1.29, 1.82) is 0 Å². The largest absolute Gasteiger partial charge is 0.395 e. The first-order chi connectivity index (χ1) is 14.9. The minimum Gasteiger partial charge on any atom is -0.395 e. The minimum atomic E-state index is 0.0414. The second-order valence-electron chi connectivity index (χ2n) is 6.15. The third-order valence-electron chi connectivity index (χ3n) is 3.92. The van der Waals surface area contributed by atoms with Crippen LogP contribution >= 0.6 is 70.4 Å². The number of hydrogen-bond donors (Lipinski definition) is 4. The monoisotopic (exact) mass is 538 g/mol. The Bertz CT molecular complexity index is 915. The quantitative estimate of drug-likeness (QED) is 0.381. The fourth-order valence-corrected chi connectivity index (χ4v) is 4.07. The predicted molar refractivity (Wildman–Crippen MR) is 139 cm³/mol. The summed E-state index contributed by atoms with van der Waals surface area (Å²) in [5.74, 6) is 1.06. The van der Waals surface area contributed by atoms with E-state index in [0.29, 0.717) is 44.8 Å². The van der Waals surface area contributed by atoms with Gasteiger partial charge in [0.1, 0.15) is 0 Å². The summed E-state index contributed by atoms with van der Waals surface area (Å²) in [6, 6.07) is 11.1. The molecule has 0 amide bonds. The molecule has 168 valence electrons. The first-order valence-electron chi connectivity index (χ1n) is 9.31. The molecule has 11 heteroatoms. The van der Waals surface area contributed by atoms with Crippen molar-refractivity contribution >= 4 is 80.7 Å². The highest BCUT2D eigenvalue weighted by molar-refractivity contribution is 8.14. The molecule has 0 aromatic heterocycles. The van der Waals surface area contributed by atoms with E-state index in [1.54, 1.807) is 23.9 Å². The number of nitrogens with one attached hydrogen (secondary N) is 3. The number of aliphatic hydroxyl groups is 1. The van der Waals surface area contributed by atoms with Crippen LogP contribution in [-0.2, 0) is 13.1 Å². The van der Waals surface area contributed by atoms with Gasteiger partial charge in [-0.25, -0.2) is 0 Å². The summed E-state index contributed by atoms with van der Waals surface area (Å²) in [5.41, 5.74) is 1.88. The number of thioether (sulfide) groups is 1. The molecule has 1 heterocycles. The van der Waals surface area contributed by atoms with E-state index < -0.39 is 0 Å². The van der Waals surface area contributed by atoms with Gasteiger partial charge in [0.2, 0.25) is 0 Å². The van der Waals surface area contributed by atoms with Crippen LogP contribution in [0, 0.1) is 0 Å². The maximum absolute atomic E-state index is 8.59. The highest BCUT2D eigenvalue weighted by Crippen LogP contribution is 2.26. The number of halogens is 4. The minimum absolute atomic E-state index is 0.0414. The van der Waals surface area contributed by atoms with E-state index in [0.717, 1.165) is 28.6 Å². The van der Waals surface area contributed by atoms with Gasteiger partial charge in [0.05, 0.1) is 33.2 Å². The van der Waals surface area contributed by atoms with Crippen molar-refractivity contribution in [2.75, 3.05) is 25.4 Å². The molecule has 1 aliphatic rings. The Kier molecular flexibility index (Phi) is 12.1. The van der Waals surface area contributed by atoms with Crippen LogP contribution in [0.2, 0.25) is 20.1 Å². The summed E-state index contributed by atoms with van der Waals surface area (Å²) < 4.78 is 0. The smallest absolute Gasteiger partial charge is 0.166 e. The van der Waals surface area contributed by atoms with Crippen LogP contribution in [0.25, 0.3) is 0 Å². The number of aliphatic imine (C=N–C) groups is 1. The number of aliphatic hydroxyl groups excluding tert-OH is 1. The number of hydrogen-bond acceptors (Lipinski definition) is 5. The van der Waals surface area contributed by atoms with E-state index in [9.17, 15) is 0 Å². The van der Waals surface area contributed by atoms with Gasteiger partial charge in [-0.15, -0.1) is 0 Å². The zero-order valence-electron chi connectivity index (χ0n) is 16.4. The number of benzene rings is 2. The van der Waals surface area contributed by atoms with Gasteiger partial charge in [-0.1, -0.05) is 82.4 Å². The number of rotatable bonds is 6. The molecule has 4 N–H and O–H groups in total. The van der Waals surface area contributed by atoms with Crippen LogP contribution in [0.4, 0.5) is 0 Å².